The molecule has 0 radical (unpaired) electrons. The molecule has 3 heteroatoms. The number of halogens is 1. The van der Waals surface area contributed by atoms with Crippen molar-refractivity contribution in [2.45, 2.75) is 32.8 Å². The molecule has 0 aromatic carbocycles. The Bertz CT molecular complexity index is 253. The van der Waals surface area contributed by atoms with E-state index in [1.54, 1.807) is 6.07 Å². The van der Waals surface area contributed by atoms with E-state index in [9.17, 15) is 5.11 Å². The van der Waals surface area contributed by atoms with E-state index in [1.165, 1.54) is 0 Å². The van der Waals surface area contributed by atoms with Crippen LogP contribution in [0.1, 0.15) is 38.6 Å². The highest BCUT2D eigenvalue weighted by Crippen LogP contribution is 2.29. The molecule has 0 aliphatic heterocycles. The summed E-state index contributed by atoms with van der Waals surface area (Å²) in [4.78, 5) is 0. The first-order valence-electron chi connectivity index (χ1n) is 4.62. The van der Waals surface area contributed by atoms with Crippen LogP contribution in [-0.4, -0.2) is 5.11 Å². The smallest absolute Gasteiger partial charge is 0.169 e. The first-order valence-corrected chi connectivity index (χ1v) is 5.41. The average molecular weight is 247 g/mol. The van der Waals surface area contributed by atoms with Gasteiger partial charge < -0.3 is 9.52 Å². The maximum atomic E-state index is 9.88. The van der Waals surface area contributed by atoms with Gasteiger partial charge in [0.15, 0.2) is 4.67 Å². The molecule has 0 fully saturated rings. The van der Waals surface area contributed by atoms with Crippen LogP contribution < -0.4 is 0 Å². The molecule has 13 heavy (non-hydrogen) atoms. The van der Waals surface area contributed by atoms with Gasteiger partial charge in [-0.2, -0.15) is 0 Å². The van der Waals surface area contributed by atoms with E-state index in [4.69, 9.17) is 4.42 Å². The summed E-state index contributed by atoms with van der Waals surface area (Å²) in [6, 6.07) is 3.62. The van der Waals surface area contributed by atoms with Gasteiger partial charge >= 0.3 is 0 Å². The molecule has 0 spiro atoms. The SMILES string of the molecule is CCC(CC)C(O)c1ccc(Br)o1. The van der Waals surface area contributed by atoms with Crippen molar-refractivity contribution in [2.24, 2.45) is 5.92 Å². The molecule has 0 aliphatic carbocycles. The van der Waals surface area contributed by atoms with Gasteiger partial charge in [0, 0.05) is 0 Å². The number of furan rings is 1. The number of aliphatic hydroxyl groups excluding tert-OH is 1. The fourth-order valence-corrected chi connectivity index (χ4v) is 1.77. The molecule has 0 saturated heterocycles. The summed E-state index contributed by atoms with van der Waals surface area (Å²) in [6.45, 7) is 4.16. The minimum atomic E-state index is -0.471. The first kappa shape index (κ1) is 10.8. The highest BCUT2D eigenvalue weighted by Gasteiger charge is 2.20. The molecule has 2 nitrogen and oxygen atoms in total. The van der Waals surface area contributed by atoms with Crippen LogP contribution in [0.15, 0.2) is 21.2 Å². The van der Waals surface area contributed by atoms with Gasteiger partial charge in [0.05, 0.1) is 0 Å². The van der Waals surface area contributed by atoms with Crippen molar-refractivity contribution < 1.29 is 9.52 Å². The molecule has 0 aliphatic rings. The Balaban J connectivity index is 2.71. The van der Waals surface area contributed by atoms with E-state index < -0.39 is 6.10 Å². The summed E-state index contributed by atoms with van der Waals surface area (Å²) in [5.74, 6) is 0.943. The number of rotatable bonds is 4. The summed E-state index contributed by atoms with van der Waals surface area (Å²) < 4.78 is 5.97. The van der Waals surface area contributed by atoms with Crippen molar-refractivity contribution >= 4 is 15.9 Å². The average Bonchev–Trinajstić information content (AvgIpc) is 2.54. The standard InChI is InChI=1S/C10H15BrO2/c1-3-7(4-2)10(12)8-5-6-9(11)13-8/h5-7,10,12H,3-4H2,1-2H3. The molecule has 0 amide bonds. The zero-order chi connectivity index (χ0) is 9.84. The number of hydrogen-bond donors (Lipinski definition) is 1. The highest BCUT2D eigenvalue weighted by molar-refractivity contribution is 9.10. The van der Waals surface area contributed by atoms with Gasteiger partial charge in [-0.25, -0.2) is 0 Å². The van der Waals surface area contributed by atoms with Crippen LogP contribution in [0.3, 0.4) is 0 Å². The van der Waals surface area contributed by atoms with Crippen molar-refractivity contribution in [1.29, 1.82) is 0 Å². The van der Waals surface area contributed by atoms with Crippen LogP contribution in [0.4, 0.5) is 0 Å². The molecule has 1 rings (SSSR count). The zero-order valence-corrected chi connectivity index (χ0v) is 9.54. The molecule has 74 valence electrons. The molecule has 1 aromatic rings. The van der Waals surface area contributed by atoms with Crippen molar-refractivity contribution in [3.8, 4) is 0 Å². The molecule has 0 saturated carbocycles. The molecule has 1 unspecified atom stereocenters. The number of hydrogen-bond acceptors (Lipinski definition) is 2. The van der Waals surface area contributed by atoms with E-state index in [0.29, 0.717) is 10.4 Å². The molecule has 1 atom stereocenters. The van der Waals surface area contributed by atoms with E-state index in [0.717, 1.165) is 12.8 Å². The Labute approximate surface area is 87.1 Å². The Morgan fingerprint density at radius 2 is 2.00 bits per heavy atom. The maximum absolute atomic E-state index is 9.88. The van der Waals surface area contributed by atoms with Crippen molar-refractivity contribution in [3.05, 3.63) is 22.6 Å². The largest absolute Gasteiger partial charge is 0.452 e. The lowest BCUT2D eigenvalue weighted by molar-refractivity contribution is 0.0805. The molecule has 1 heterocycles. The summed E-state index contributed by atoms with van der Waals surface area (Å²) in [5.41, 5.74) is 0. The molecular weight excluding hydrogens is 232 g/mol. The topological polar surface area (TPSA) is 33.4 Å². The monoisotopic (exact) mass is 246 g/mol. The van der Waals surface area contributed by atoms with Crippen LogP contribution >= 0.6 is 15.9 Å². The second kappa shape index (κ2) is 4.82. The zero-order valence-electron chi connectivity index (χ0n) is 7.96. The fraction of sp³-hybridized carbons (Fsp3) is 0.600. The van der Waals surface area contributed by atoms with Gasteiger partial charge in [-0.1, -0.05) is 26.7 Å². The highest BCUT2D eigenvalue weighted by atomic mass is 79.9. The van der Waals surface area contributed by atoms with Crippen LogP contribution in [0.5, 0.6) is 0 Å². The third kappa shape index (κ3) is 2.58. The van der Waals surface area contributed by atoms with E-state index in [1.807, 2.05) is 6.07 Å². The van der Waals surface area contributed by atoms with Crippen LogP contribution in [0, 0.1) is 5.92 Å². The lowest BCUT2D eigenvalue weighted by Crippen LogP contribution is -2.09. The van der Waals surface area contributed by atoms with Gasteiger partial charge in [-0.15, -0.1) is 0 Å². The molecule has 0 bridgehead atoms. The van der Waals surface area contributed by atoms with Crippen LogP contribution in [0.25, 0.3) is 0 Å². The number of aliphatic hydroxyl groups is 1. The van der Waals surface area contributed by atoms with Crippen molar-refractivity contribution in [2.75, 3.05) is 0 Å². The second-order valence-electron chi connectivity index (χ2n) is 3.16. The van der Waals surface area contributed by atoms with E-state index >= 15 is 0 Å². The Kier molecular flexibility index (Phi) is 4.00. The third-order valence-electron chi connectivity index (χ3n) is 2.38. The molecule has 1 aromatic heterocycles. The first-order chi connectivity index (χ1) is 6.19. The van der Waals surface area contributed by atoms with Crippen LogP contribution in [0.2, 0.25) is 0 Å². The normalized spacial score (nSPS) is 13.6. The fourth-order valence-electron chi connectivity index (χ4n) is 1.45. The molecular formula is C10H15BrO2. The van der Waals surface area contributed by atoms with Crippen molar-refractivity contribution in [3.63, 3.8) is 0 Å². The van der Waals surface area contributed by atoms with Gasteiger partial charge in [0.25, 0.3) is 0 Å². The minimum absolute atomic E-state index is 0.290. The third-order valence-corrected chi connectivity index (χ3v) is 2.81. The maximum Gasteiger partial charge on any atom is 0.169 e. The van der Waals surface area contributed by atoms with Gasteiger partial charge in [0.1, 0.15) is 11.9 Å². The summed E-state index contributed by atoms with van der Waals surface area (Å²) in [5, 5.41) is 9.88. The van der Waals surface area contributed by atoms with Gasteiger partial charge in [-0.3, -0.25) is 0 Å². The Morgan fingerprint density at radius 1 is 1.38 bits per heavy atom. The van der Waals surface area contributed by atoms with Crippen molar-refractivity contribution in [1.82, 2.24) is 0 Å². The summed E-state index contributed by atoms with van der Waals surface area (Å²) >= 11 is 3.22. The van der Waals surface area contributed by atoms with Crippen LogP contribution in [-0.2, 0) is 0 Å². The predicted molar refractivity (Wildman–Crippen MR) is 55.4 cm³/mol. The quantitative estimate of drug-likeness (QED) is 0.883. The minimum Gasteiger partial charge on any atom is -0.452 e. The lowest BCUT2D eigenvalue weighted by atomic mass is 9.95. The Morgan fingerprint density at radius 3 is 2.38 bits per heavy atom. The molecule has 1 N–H and O–H groups in total. The predicted octanol–water partition coefficient (Wildman–Crippen LogP) is 3.51. The summed E-state index contributed by atoms with van der Waals surface area (Å²) in [6.07, 6.45) is 1.47. The summed E-state index contributed by atoms with van der Waals surface area (Å²) in [7, 11) is 0. The Hall–Kier alpha value is -0.280. The lowest BCUT2D eigenvalue weighted by Gasteiger charge is -2.17. The second-order valence-corrected chi connectivity index (χ2v) is 3.94. The van der Waals surface area contributed by atoms with Gasteiger partial charge in [0.2, 0.25) is 0 Å². The van der Waals surface area contributed by atoms with E-state index in [-0.39, 0.29) is 5.92 Å². The van der Waals surface area contributed by atoms with Gasteiger partial charge in [-0.05, 0) is 34.0 Å². The van der Waals surface area contributed by atoms with E-state index in [2.05, 4.69) is 29.8 Å².